The third kappa shape index (κ3) is 4.04. The molecule has 1 amide bonds. The Labute approximate surface area is 199 Å². The van der Waals surface area contributed by atoms with Gasteiger partial charge in [-0.15, -0.1) is 10.2 Å². The van der Waals surface area contributed by atoms with Crippen LogP contribution in [0, 0.1) is 6.92 Å². The van der Waals surface area contributed by atoms with Crippen LogP contribution in [-0.4, -0.2) is 47.5 Å². The van der Waals surface area contributed by atoms with Crippen LogP contribution >= 0.6 is 22.9 Å². The number of hydrogen-bond donors (Lipinski definition) is 4. The Balaban J connectivity index is 1.44. The van der Waals surface area contributed by atoms with Crippen LogP contribution in [-0.2, 0) is 0 Å². The number of carboxylic acid groups (broad SMARTS) is 1. The Kier molecular flexibility index (Phi) is 5.39. The van der Waals surface area contributed by atoms with Gasteiger partial charge in [-0.1, -0.05) is 28.1 Å². The molecule has 14 heteroatoms. The smallest absolute Gasteiger partial charge is 0.354 e. The number of fused-ring (bicyclic) bond motifs is 1. The van der Waals surface area contributed by atoms with E-state index >= 15 is 0 Å². The summed E-state index contributed by atoms with van der Waals surface area (Å²) in [5.41, 5.74) is 2.05. The Hall–Kier alpha value is -4.36. The Morgan fingerprint density at radius 2 is 2.06 bits per heavy atom. The van der Waals surface area contributed by atoms with Crippen LogP contribution in [0.3, 0.4) is 0 Å². The SMILES string of the molecule is Cc1cnoc1C(=O)Nc1cc(-c2nnc(Nc3ccc4[nH]ncc4c3Cl)s2)cc(C(=O)O)n1. The maximum Gasteiger partial charge on any atom is 0.354 e. The number of nitrogens with zero attached hydrogens (tertiary/aromatic N) is 5. The van der Waals surface area contributed by atoms with Crippen molar-refractivity contribution in [2.24, 2.45) is 0 Å². The van der Waals surface area contributed by atoms with Gasteiger partial charge in [0.05, 0.1) is 28.6 Å². The number of pyridine rings is 1. The monoisotopic (exact) mass is 496 g/mol. The average molecular weight is 497 g/mol. The molecule has 4 heterocycles. The van der Waals surface area contributed by atoms with Crippen molar-refractivity contribution in [1.29, 1.82) is 0 Å². The van der Waals surface area contributed by atoms with Crippen LogP contribution in [0.2, 0.25) is 5.02 Å². The van der Waals surface area contributed by atoms with Gasteiger partial charge in [0, 0.05) is 16.5 Å². The quantitative estimate of drug-likeness (QED) is 0.268. The van der Waals surface area contributed by atoms with Crippen molar-refractivity contribution in [2.45, 2.75) is 6.92 Å². The van der Waals surface area contributed by atoms with Crippen LogP contribution in [0.5, 0.6) is 0 Å². The summed E-state index contributed by atoms with van der Waals surface area (Å²) in [6.07, 6.45) is 3.02. The van der Waals surface area contributed by atoms with Gasteiger partial charge in [0.1, 0.15) is 10.8 Å². The number of amides is 1. The molecule has 0 unspecified atom stereocenters. The largest absolute Gasteiger partial charge is 0.477 e. The molecular weight excluding hydrogens is 484 g/mol. The van der Waals surface area contributed by atoms with Gasteiger partial charge in [-0.2, -0.15) is 5.10 Å². The number of benzene rings is 1. The molecule has 0 spiro atoms. The van der Waals surface area contributed by atoms with E-state index in [1.807, 2.05) is 6.07 Å². The number of anilines is 3. The van der Waals surface area contributed by atoms with Gasteiger partial charge in [0.15, 0.2) is 5.69 Å². The summed E-state index contributed by atoms with van der Waals surface area (Å²) in [6.45, 7) is 1.66. The fourth-order valence-electron chi connectivity index (χ4n) is 3.10. The summed E-state index contributed by atoms with van der Waals surface area (Å²) >= 11 is 7.61. The standard InChI is InChI=1S/C20H13ClN8O4S/c1-8-6-23-33-16(8)17(30)26-14-5-9(4-13(24-14)19(31)32)18-28-29-20(34-18)25-12-3-2-11-10(15(12)21)7-22-27-11/h2-7H,1H3,(H,22,27)(H,25,29)(H,31,32)(H,24,26,30). The van der Waals surface area contributed by atoms with E-state index in [4.69, 9.17) is 16.1 Å². The van der Waals surface area contributed by atoms with Gasteiger partial charge in [-0.25, -0.2) is 9.78 Å². The topological polar surface area (TPSA) is 172 Å². The molecule has 34 heavy (non-hydrogen) atoms. The van der Waals surface area contributed by atoms with Crippen LogP contribution in [0.25, 0.3) is 21.5 Å². The minimum absolute atomic E-state index is 0.00190. The molecule has 0 fully saturated rings. The van der Waals surface area contributed by atoms with E-state index in [1.54, 1.807) is 19.2 Å². The molecule has 5 rings (SSSR count). The van der Waals surface area contributed by atoms with Crippen molar-refractivity contribution in [3.63, 3.8) is 0 Å². The fraction of sp³-hybridized carbons (Fsp3) is 0.0500. The van der Waals surface area contributed by atoms with Crippen LogP contribution in [0.15, 0.2) is 41.2 Å². The first kappa shape index (κ1) is 21.5. The van der Waals surface area contributed by atoms with Crippen LogP contribution < -0.4 is 10.6 Å². The first-order valence-corrected chi connectivity index (χ1v) is 10.8. The molecule has 0 bridgehead atoms. The van der Waals surface area contributed by atoms with Gasteiger partial charge >= 0.3 is 5.97 Å². The number of aryl methyl sites for hydroxylation is 1. The lowest BCUT2D eigenvalue weighted by Crippen LogP contribution is -2.14. The molecule has 1 aromatic carbocycles. The number of H-pyrrole nitrogens is 1. The number of carbonyl (C=O) groups is 2. The highest BCUT2D eigenvalue weighted by molar-refractivity contribution is 7.18. The number of hydrogen-bond acceptors (Lipinski definition) is 10. The van der Waals surface area contributed by atoms with Crippen LogP contribution in [0.1, 0.15) is 26.6 Å². The van der Waals surface area contributed by atoms with Crippen molar-refractivity contribution in [3.8, 4) is 10.6 Å². The van der Waals surface area contributed by atoms with Gasteiger partial charge in [0.25, 0.3) is 5.91 Å². The molecular formula is C20H13ClN8O4S. The summed E-state index contributed by atoms with van der Waals surface area (Å²) in [7, 11) is 0. The van der Waals surface area contributed by atoms with Crippen molar-refractivity contribution < 1.29 is 19.2 Å². The fourth-order valence-corrected chi connectivity index (χ4v) is 4.10. The Morgan fingerprint density at radius 3 is 2.82 bits per heavy atom. The molecule has 0 aliphatic carbocycles. The summed E-state index contributed by atoms with van der Waals surface area (Å²) in [5, 5.41) is 35.8. The van der Waals surface area contributed by atoms with Crippen molar-refractivity contribution >= 4 is 62.4 Å². The van der Waals surface area contributed by atoms with E-state index in [0.29, 0.717) is 32.0 Å². The molecule has 12 nitrogen and oxygen atoms in total. The number of rotatable bonds is 6. The van der Waals surface area contributed by atoms with E-state index in [-0.39, 0.29) is 17.3 Å². The van der Waals surface area contributed by atoms with E-state index in [1.165, 1.54) is 29.7 Å². The van der Waals surface area contributed by atoms with Crippen molar-refractivity contribution in [2.75, 3.05) is 10.6 Å². The second kappa shape index (κ2) is 8.53. The number of halogens is 1. The summed E-state index contributed by atoms with van der Waals surface area (Å²) < 4.78 is 4.93. The first-order valence-electron chi connectivity index (χ1n) is 9.59. The third-order valence-corrected chi connectivity index (χ3v) is 6.01. The maximum absolute atomic E-state index is 12.5. The number of aromatic amines is 1. The summed E-state index contributed by atoms with van der Waals surface area (Å²) in [4.78, 5) is 28.0. The highest BCUT2D eigenvalue weighted by Gasteiger charge is 2.19. The van der Waals surface area contributed by atoms with Crippen LogP contribution in [0.4, 0.5) is 16.6 Å². The Morgan fingerprint density at radius 1 is 1.21 bits per heavy atom. The number of nitrogens with one attached hydrogen (secondary N) is 3. The number of aromatic carboxylic acids is 1. The van der Waals surface area contributed by atoms with E-state index in [2.05, 4.69) is 41.2 Å². The molecule has 0 radical (unpaired) electrons. The zero-order chi connectivity index (χ0) is 23.8. The Bertz CT molecular complexity index is 1560. The number of carbonyl (C=O) groups excluding carboxylic acids is 1. The zero-order valence-electron chi connectivity index (χ0n) is 17.2. The normalized spacial score (nSPS) is 11.0. The highest BCUT2D eigenvalue weighted by atomic mass is 35.5. The summed E-state index contributed by atoms with van der Waals surface area (Å²) in [5.74, 6) is -1.87. The highest BCUT2D eigenvalue weighted by Crippen LogP contribution is 2.35. The molecule has 5 aromatic rings. The molecule has 4 N–H and O–H groups in total. The number of carboxylic acids is 1. The van der Waals surface area contributed by atoms with Gasteiger partial charge in [0.2, 0.25) is 10.9 Å². The van der Waals surface area contributed by atoms with E-state index in [0.717, 1.165) is 10.9 Å². The summed E-state index contributed by atoms with van der Waals surface area (Å²) in [6, 6.07) is 6.43. The van der Waals surface area contributed by atoms with E-state index in [9.17, 15) is 14.7 Å². The lowest BCUT2D eigenvalue weighted by Gasteiger charge is -2.06. The maximum atomic E-state index is 12.5. The molecule has 4 aromatic heterocycles. The molecule has 0 saturated carbocycles. The van der Waals surface area contributed by atoms with Gasteiger partial charge in [-0.3, -0.25) is 9.89 Å². The molecule has 170 valence electrons. The average Bonchev–Trinajstić information content (AvgIpc) is 3.56. The van der Waals surface area contributed by atoms with Gasteiger partial charge < -0.3 is 20.3 Å². The number of aromatic nitrogens is 6. The second-order valence-electron chi connectivity index (χ2n) is 7.02. The zero-order valence-corrected chi connectivity index (χ0v) is 18.7. The van der Waals surface area contributed by atoms with E-state index < -0.39 is 11.9 Å². The minimum atomic E-state index is -1.27. The molecule has 0 atom stereocenters. The lowest BCUT2D eigenvalue weighted by molar-refractivity contribution is 0.0690. The van der Waals surface area contributed by atoms with Crippen molar-refractivity contribution in [3.05, 3.63) is 58.7 Å². The predicted octanol–water partition coefficient (Wildman–Crippen LogP) is 4.12. The lowest BCUT2D eigenvalue weighted by atomic mass is 10.2. The van der Waals surface area contributed by atoms with Gasteiger partial charge in [-0.05, 0) is 31.2 Å². The predicted molar refractivity (Wildman–Crippen MR) is 124 cm³/mol. The first-order chi connectivity index (χ1) is 16.4. The van der Waals surface area contributed by atoms with Crippen molar-refractivity contribution in [1.82, 2.24) is 30.5 Å². The molecule has 0 saturated heterocycles. The second-order valence-corrected chi connectivity index (χ2v) is 8.37. The molecule has 0 aliphatic heterocycles. The third-order valence-electron chi connectivity index (χ3n) is 4.71. The minimum Gasteiger partial charge on any atom is -0.477 e. The molecule has 0 aliphatic rings.